The first-order valence-corrected chi connectivity index (χ1v) is 15.1. The fourth-order valence-corrected chi connectivity index (χ4v) is 11.7. The summed E-state index contributed by atoms with van der Waals surface area (Å²) in [6.45, 7) is 10.3. The first-order chi connectivity index (χ1) is 15.7. The number of hydrogen-bond donors (Lipinski definition) is 0. The van der Waals surface area contributed by atoms with Crippen LogP contribution in [0.2, 0.25) is 0 Å². The van der Waals surface area contributed by atoms with Crippen molar-refractivity contribution in [3.05, 3.63) is 84.9 Å². The van der Waals surface area contributed by atoms with E-state index in [0.29, 0.717) is 26.4 Å². The third-order valence-corrected chi connectivity index (χ3v) is 12.8. The minimum Gasteiger partial charge on any atom is -0.388 e. The average molecular weight is 467 g/mol. The molecule has 0 aliphatic rings. The lowest BCUT2D eigenvalue weighted by Crippen LogP contribution is -2.75. The Hall–Kier alpha value is -2.07. The highest BCUT2D eigenvalue weighted by Gasteiger charge is 2.51. The fourth-order valence-electron chi connectivity index (χ4n) is 4.22. The Balaban J connectivity index is 2.35. The van der Waals surface area contributed by atoms with Gasteiger partial charge in [-0.2, -0.15) is 0 Å². The van der Waals surface area contributed by atoms with E-state index >= 15 is 0 Å². The molecule has 0 aliphatic carbocycles. The Kier molecular flexibility index (Phi) is 8.98. The highest BCUT2D eigenvalue weighted by atomic mass is 28.4. The van der Waals surface area contributed by atoms with Crippen molar-refractivity contribution >= 4 is 37.9 Å². The normalized spacial score (nSPS) is 12.1. The number of hydrogen-bond acceptors (Lipinski definition) is 4. The summed E-state index contributed by atoms with van der Waals surface area (Å²) in [5.74, 6) is 0. The summed E-state index contributed by atoms with van der Waals surface area (Å²) >= 11 is 0. The van der Waals surface area contributed by atoms with E-state index in [2.05, 4.69) is 48.5 Å². The Morgan fingerprint density at radius 1 is 0.438 bits per heavy atom. The van der Waals surface area contributed by atoms with E-state index in [1.54, 1.807) is 0 Å². The SMILES string of the molecule is CCO[Si](OCC)(c1ccccc1)c1ccccc1[Si](OCC)(OCC)c1ccccc1. The molecule has 3 aromatic rings. The molecule has 0 spiro atoms. The van der Waals surface area contributed by atoms with Crippen LogP contribution in [0.25, 0.3) is 0 Å². The first kappa shape index (κ1) is 24.6. The summed E-state index contributed by atoms with van der Waals surface area (Å²) in [5.41, 5.74) is 0. The molecule has 170 valence electrons. The quantitative estimate of drug-likeness (QED) is 0.385. The van der Waals surface area contributed by atoms with Gasteiger partial charge < -0.3 is 17.7 Å². The Labute approximate surface area is 194 Å². The number of benzene rings is 3. The van der Waals surface area contributed by atoms with Crippen molar-refractivity contribution in [3.8, 4) is 0 Å². The van der Waals surface area contributed by atoms with Crippen LogP contribution in [0.15, 0.2) is 84.9 Å². The van der Waals surface area contributed by atoms with Gasteiger partial charge in [0.1, 0.15) is 0 Å². The third kappa shape index (κ3) is 4.81. The fraction of sp³-hybridized carbons (Fsp3) is 0.308. The highest BCUT2D eigenvalue weighted by Crippen LogP contribution is 2.15. The second kappa shape index (κ2) is 11.7. The molecule has 32 heavy (non-hydrogen) atoms. The van der Waals surface area contributed by atoms with Crippen molar-refractivity contribution in [2.75, 3.05) is 26.4 Å². The van der Waals surface area contributed by atoms with Gasteiger partial charge in [-0.15, -0.1) is 0 Å². The van der Waals surface area contributed by atoms with E-state index in [4.69, 9.17) is 17.7 Å². The lowest BCUT2D eigenvalue weighted by atomic mass is 10.3. The van der Waals surface area contributed by atoms with Crippen LogP contribution in [0.4, 0.5) is 0 Å². The van der Waals surface area contributed by atoms with Crippen molar-refractivity contribution in [1.29, 1.82) is 0 Å². The standard InChI is InChI=1S/C26H34O4Si2/c1-5-27-31(28-6-2,23-17-11-9-12-18-23)25-21-15-16-22-26(25)32(29-7-3,30-8-4)24-19-13-10-14-20-24/h9-22H,5-8H2,1-4H3. The third-order valence-electron chi connectivity index (χ3n) is 5.33. The molecule has 0 unspecified atom stereocenters. The predicted octanol–water partition coefficient (Wildman–Crippen LogP) is 2.95. The maximum absolute atomic E-state index is 6.60. The molecule has 0 aliphatic heterocycles. The second-order valence-electron chi connectivity index (χ2n) is 7.24. The minimum atomic E-state index is -3.02. The Bertz CT molecular complexity index is 860. The van der Waals surface area contributed by atoms with Crippen LogP contribution in [0, 0.1) is 0 Å². The van der Waals surface area contributed by atoms with Gasteiger partial charge in [0, 0.05) is 36.8 Å². The van der Waals surface area contributed by atoms with Gasteiger partial charge in [-0.1, -0.05) is 84.9 Å². The highest BCUT2D eigenvalue weighted by molar-refractivity contribution is 7.01. The van der Waals surface area contributed by atoms with Crippen LogP contribution in [-0.2, 0) is 17.7 Å². The van der Waals surface area contributed by atoms with Crippen molar-refractivity contribution in [3.63, 3.8) is 0 Å². The van der Waals surface area contributed by atoms with Gasteiger partial charge in [0.25, 0.3) is 0 Å². The molecule has 6 heteroatoms. The van der Waals surface area contributed by atoms with E-state index in [1.807, 2.05) is 64.1 Å². The maximum atomic E-state index is 6.60. The minimum absolute atomic E-state index is 0.554. The molecule has 0 aromatic heterocycles. The zero-order valence-corrected chi connectivity index (χ0v) is 21.5. The van der Waals surface area contributed by atoms with E-state index in [0.717, 1.165) is 20.7 Å². The summed E-state index contributed by atoms with van der Waals surface area (Å²) in [5, 5.41) is 4.29. The summed E-state index contributed by atoms with van der Waals surface area (Å²) in [6, 6.07) is 29.1. The Morgan fingerprint density at radius 3 is 1.00 bits per heavy atom. The summed E-state index contributed by atoms with van der Waals surface area (Å²) in [7, 11) is -6.04. The second-order valence-corrected chi connectivity index (χ2v) is 13.1. The molecule has 0 amide bonds. The molecule has 0 saturated carbocycles. The van der Waals surface area contributed by atoms with Gasteiger partial charge in [-0.25, -0.2) is 0 Å². The van der Waals surface area contributed by atoms with Gasteiger partial charge in [0.05, 0.1) is 0 Å². The van der Waals surface area contributed by atoms with Crippen LogP contribution >= 0.6 is 0 Å². The molecule has 0 fully saturated rings. The molecule has 0 saturated heterocycles. The van der Waals surface area contributed by atoms with Gasteiger partial charge in [-0.05, 0) is 38.1 Å². The van der Waals surface area contributed by atoms with E-state index < -0.39 is 17.1 Å². The van der Waals surface area contributed by atoms with Gasteiger partial charge in [0.15, 0.2) is 0 Å². The largest absolute Gasteiger partial charge is 0.407 e. The van der Waals surface area contributed by atoms with Crippen molar-refractivity contribution in [2.24, 2.45) is 0 Å². The summed E-state index contributed by atoms with van der Waals surface area (Å²) < 4.78 is 26.4. The maximum Gasteiger partial charge on any atom is 0.407 e. The predicted molar refractivity (Wildman–Crippen MR) is 136 cm³/mol. The summed E-state index contributed by atoms with van der Waals surface area (Å²) in [4.78, 5) is 0. The lowest BCUT2D eigenvalue weighted by Gasteiger charge is -2.37. The number of rotatable bonds is 12. The lowest BCUT2D eigenvalue weighted by molar-refractivity contribution is 0.204. The molecule has 0 bridgehead atoms. The van der Waals surface area contributed by atoms with Gasteiger partial charge >= 0.3 is 17.1 Å². The average Bonchev–Trinajstić information content (AvgIpc) is 2.85. The summed E-state index contributed by atoms with van der Waals surface area (Å²) in [6.07, 6.45) is 0. The van der Waals surface area contributed by atoms with Gasteiger partial charge in [0.2, 0.25) is 0 Å². The van der Waals surface area contributed by atoms with Crippen LogP contribution < -0.4 is 20.7 Å². The molecule has 0 heterocycles. The monoisotopic (exact) mass is 466 g/mol. The van der Waals surface area contributed by atoms with Crippen LogP contribution in [-0.4, -0.2) is 43.5 Å². The van der Waals surface area contributed by atoms with Crippen molar-refractivity contribution in [2.45, 2.75) is 27.7 Å². The van der Waals surface area contributed by atoms with Crippen LogP contribution in [0.1, 0.15) is 27.7 Å². The molecule has 4 nitrogen and oxygen atoms in total. The topological polar surface area (TPSA) is 36.9 Å². The van der Waals surface area contributed by atoms with Crippen molar-refractivity contribution < 1.29 is 17.7 Å². The smallest absolute Gasteiger partial charge is 0.388 e. The Morgan fingerprint density at radius 2 is 0.719 bits per heavy atom. The first-order valence-electron chi connectivity index (χ1n) is 11.4. The van der Waals surface area contributed by atoms with Crippen LogP contribution in [0.5, 0.6) is 0 Å². The van der Waals surface area contributed by atoms with Crippen molar-refractivity contribution in [1.82, 2.24) is 0 Å². The zero-order valence-electron chi connectivity index (χ0n) is 19.5. The van der Waals surface area contributed by atoms with E-state index in [9.17, 15) is 0 Å². The molecule has 0 N–H and O–H groups in total. The van der Waals surface area contributed by atoms with Crippen LogP contribution in [0.3, 0.4) is 0 Å². The van der Waals surface area contributed by atoms with E-state index in [1.165, 1.54) is 0 Å². The van der Waals surface area contributed by atoms with E-state index in [-0.39, 0.29) is 0 Å². The molecule has 0 atom stereocenters. The molecule has 3 aromatic carbocycles. The zero-order chi connectivity index (χ0) is 22.9. The van der Waals surface area contributed by atoms with Gasteiger partial charge in [-0.3, -0.25) is 0 Å². The molecule has 3 rings (SSSR count). The molecular formula is C26H34O4Si2. The molecular weight excluding hydrogens is 432 g/mol. The molecule has 0 radical (unpaired) electrons.